The number of carboxylic acid groups (broad SMARTS) is 1. The summed E-state index contributed by atoms with van der Waals surface area (Å²) < 4.78 is 37.3. The normalized spacial score (nSPS) is 20.6. The number of pyridine rings is 1. The molecule has 1 amide bonds. The number of likely N-dealkylation sites (tertiary alicyclic amines) is 2. The van der Waals surface area contributed by atoms with Crippen LogP contribution in [0.3, 0.4) is 0 Å². The maximum atomic E-state index is 13.0. The summed E-state index contributed by atoms with van der Waals surface area (Å²) in [6, 6.07) is 8.82. The van der Waals surface area contributed by atoms with Gasteiger partial charge in [0.15, 0.2) is 0 Å². The van der Waals surface area contributed by atoms with Gasteiger partial charge in [0, 0.05) is 37.4 Å². The topological polar surface area (TPSA) is 86.9 Å². The number of nitrogens with zero attached hydrogens (tertiary/aromatic N) is 3. The maximum Gasteiger partial charge on any atom is 0.490 e. The standard InChI is InChI=1S/C20H25N3O2.C2HF3O2/c1-13-5-4-6-16(21-13)12-22-9-7-19-18(22)8-10-23(19)20(24)17-11-14(2)25-15(17)3;3-2(4,5)1(6)7/h4-6,11,18-19H,7-10,12H2,1-3H3;(H,6,7)/t18-,19+;/m0./s1. The molecule has 0 saturated carbocycles. The quantitative estimate of drug-likeness (QED) is 0.762. The van der Waals surface area contributed by atoms with Gasteiger partial charge in [-0.1, -0.05) is 6.07 Å². The van der Waals surface area contributed by atoms with Crippen molar-refractivity contribution < 1.29 is 32.3 Å². The summed E-state index contributed by atoms with van der Waals surface area (Å²) in [5, 5.41) is 7.12. The summed E-state index contributed by atoms with van der Waals surface area (Å²) in [4.78, 5) is 31.1. The molecule has 4 rings (SSSR count). The van der Waals surface area contributed by atoms with Crippen LogP contribution < -0.4 is 0 Å². The third-order valence-electron chi connectivity index (χ3n) is 5.78. The Morgan fingerprint density at radius 3 is 2.38 bits per heavy atom. The second-order valence-corrected chi connectivity index (χ2v) is 8.08. The fourth-order valence-corrected chi connectivity index (χ4v) is 4.42. The number of carbonyl (C=O) groups excluding carboxylic acids is 1. The zero-order valence-corrected chi connectivity index (χ0v) is 18.1. The summed E-state index contributed by atoms with van der Waals surface area (Å²) in [5.74, 6) is -1.11. The molecule has 7 nitrogen and oxygen atoms in total. The number of hydrogen-bond acceptors (Lipinski definition) is 5. The monoisotopic (exact) mass is 453 g/mol. The number of fused-ring (bicyclic) bond motifs is 1. The Labute approximate surface area is 183 Å². The zero-order chi connectivity index (χ0) is 23.6. The molecule has 2 aliphatic heterocycles. The third kappa shape index (κ3) is 5.29. The highest BCUT2D eigenvalue weighted by atomic mass is 19.4. The van der Waals surface area contributed by atoms with Gasteiger partial charge in [0.2, 0.25) is 0 Å². The van der Waals surface area contributed by atoms with Crippen LogP contribution in [-0.4, -0.2) is 63.1 Å². The van der Waals surface area contributed by atoms with Gasteiger partial charge < -0.3 is 14.4 Å². The lowest BCUT2D eigenvalue weighted by Crippen LogP contribution is -2.39. The fraction of sp³-hybridized carbons (Fsp3) is 0.500. The van der Waals surface area contributed by atoms with Crippen LogP contribution in [0.2, 0.25) is 0 Å². The molecule has 2 aliphatic rings. The Morgan fingerprint density at radius 1 is 1.16 bits per heavy atom. The van der Waals surface area contributed by atoms with Gasteiger partial charge in [0.1, 0.15) is 11.5 Å². The molecular weight excluding hydrogens is 427 g/mol. The highest BCUT2D eigenvalue weighted by Gasteiger charge is 2.44. The molecule has 1 N–H and O–H groups in total. The van der Waals surface area contributed by atoms with Crippen molar-refractivity contribution in [3.8, 4) is 0 Å². The first kappa shape index (κ1) is 23.8. The summed E-state index contributed by atoms with van der Waals surface area (Å²) in [7, 11) is 0. The van der Waals surface area contributed by atoms with Crippen molar-refractivity contribution in [2.75, 3.05) is 13.1 Å². The van der Waals surface area contributed by atoms with Gasteiger partial charge >= 0.3 is 12.1 Å². The van der Waals surface area contributed by atoms with Crippen LogP contribution in [0, 0.1) is 20.8 Å². The molecular formula is C22H26F3N3O4. The average molecular weight is 453 g/mol. The van der Waals surface area contributed by atoms with E-state index in [4.69, 9.17) is 14.3 Å². The van der Waals surface area contributed by atoms with Crippen molar-refractivity contribution >= 4 is 11.9 Å². The average Bonchev–Trinajstić information content (AvgIpc) is 3.37. The molecule has 2 fully saturated rings. The number of carbonyl (C=O) groups is 2. The molecule has 2 aromatic rings. The van der Waals surface area contributed by atoms with E-state index in [1.165, 1.54) is 0 Å². The van der Waals surface area contributed by atoms with Gasteiger partial charge in [0.05, 0.1) is 11.3 Å². The molecule has 2 saturated heterocycles. The molecule has 0 spiro atoms. The van der Waals surface area contributed by atoms with Crippen LogP contribution in [0.5, 0.6) is 0 Å². The van der Waals surface area contributed by atoms with E-state index in [9.17, 15) is 18.0 Å². The Morgan fingerprint density at radius 2 is 1.81 bits per heavy atom. The predicted molar refractivity (Wildman–Crippen MR) is 109 cm³/mol. The first-order valence-electron chi connectivity index (χ1n) is 10.3. The summed E-state index contributed by atoms with van der Waals surface area (Å²) in [5.41, 5.74) is 2.89. The Bertz CT molecular complexity index is 989. The van der Waals surface area contributed by atoms with Crippen molar-refractivity contribution in [3.63, 3.8) is 0 Å². The summed E-state index contributed by atoms with van der Waals surface area (Å²) in [6.07, 6.45) is -3.00. The van der Waals surface area contributed by atoms with E-state index in [1.807, 2.05) is 32.9 Å². The van der Waals surface area contributed by atoms with E-state index in [1.54, 1.807) is 0 Å². The zero-order valence-electron chi connectivity index (χ0n) is 18.1. The van der Waals surface area contributed by atoms with Crippen LogP contribution >= 0.6 is 0 Å². The lowest BCUT2D eigenvalue weighted by Gasteiger charge is -2.25. The van der Waals surface area contributed by atoms with E-state index in [0.29, 0.717) is 12.1 Å². The molecule has 2 atom stereocenters. The third-order valence-corrected chi connectivity index (χ3v) is 5.78. The van der Waals surface area contributed by atoms with Crippen LogP contribution in [-0.2, 0) is 11.3 Å². The molecule has 0 unspecified atom stereocenters. The van der Waals surface area contributed by atoms with E-state index in [-0.39, 0.29) is 5.91 Å². The first-order chi connectivity index (χ1) is 15.0. The number of alkyl halides is 3. The number of carboxylic acids is 1. The van der Waals surface area contributed by atoms with E-state index >= 15 is 0 Å². The van der Waals surface area contributed by atoms with Crippen LogP contribution in [0.15, 0.2) is 28.7 Å². The van der Waals surface area contributed by atoms with Crippen molar-refractivity contribution in [2.45, 2.75) is 58.4 Å². The molecule has 4 heterocycles. The van der Waals surface area contributed by atoms with Crippen molar-refractivity contribution in [1.29, 1.82) is 0 Å². The fourth-order valence-electron chi connectivity index (χ4n) is 4.42. The van der Waals surface area contributed by atoms with Crippen LogP contribution in [0.25, 0.3) is 0 Å². The molecule has 0 bridgehead atoms. The number of furan rings is 1. The highest BCUT2D eigenvalue weighted by molar-refractivity contribution is 5.95. The smallest absolute Gasteiger partial charge is 0.475 e. The Balaban J connectivity index is 0.000000360. The number of aliphatic carboxylic acids is 1. The van der Waals surface area contributed by atoms with Crippen molar-refractivity contribution in [3.05, 3.63) is 52.7 Å². The van der Waals surface area contributed by atoms with E-state index in [0.717, 1.165) is 60.9 Å². The SMILES string of the molecule is Cc1cccc(CN2CC[C@@H]3[C@@H]2CCN3C(=O)c2cc(C)oc2C)n1.O=C(O)C(F)(F)F. The minimum atomic E-state index is -5.08. The molecule has 0 aliphatic carbocycles. The second kappa shape index (κ2) is 9.32. The van der Waals surface area contributed by atoms with Gasteiger partial charge in [-0.3, -0.25) is 14.7 Å². The van der Waals surface area contributed by atoms with Crippen LogP contribution in [0.4, 0.5) is 13.2 Å². The van der Waals surface area contributed by atoms with Crippen molar-refractivity contribution in [2.24, 2.45) is 0 Å². The molecule has 0 radical (unpaired) electrons. The van der Waals surface area contributed by atoms with E-state index in [2.05, 4.69) is 26.9 Å². The van der Waals surface area contributed by atoms with Crippen molar-refractivity contribution in [1.82, 2.24) is 14.8 Å². The number of hydrogen-bond donors (Lipinski definition) is 1. The number of rotatable bonds is 3. The number of amides is 1. The van der Waals surface area contributed by atoms with Gasteiger partial charge in [-0.2, -0.15) is 13.2 Å². The van der Waals surface area contributed by atoms with Gasteiger partial charge in [-0.05, 0) is 51.8 Å². The lowest BCUT2D eigenvalue weighted by molar-refractivity contribution is -0.192. The molecule has 10 heteroatoms. The maximum absolute atomic E-state index is 13.0. The summed E-state index contributed by atoms with van der Waals surface area (Å²) >= 11 is 0. The predicted octanol–water partition coefficient (Wildman–Crippen LogP) is 3.72. The number of aromatic nitrogens is 1. The Hall–Kier alpha value is -2.88. The lowest BCUT2D eigenvalue weighted by atomic mass is 10.1. The van der Waals surface area contributed by atoms with E-state index < -0.39 is 12.1 Å². The molecule has 174 valence electrons. The molecule has 0 aromatic carbocycles. The largest absolute Gasteiger partial charge is 0.490 e. The van der Waals surface area contributed by atoms with Gasteiger partial charge in [-0.15, -0.1) is 0 Å². The second-order valence-electron chi connectivity index (χ2n) is 8.08. The molecule has 2 aromatic heterocycles. The minimum Gasteiger partial charge on any atom is -0.475 e. The Kier molecular flexibility index (Phi) is 6.92. The minimum absolute atomic E-state index is 0.123. The highest BCUT2D eigenvalue weighted by Crippen LogP contribution is 2.34. The van der Waals surface area contributed by atoms with Gasteiger partial charge in [0.25, 0.3) is 5.91 Å². The van der Waals surface area contributed by atoms with Gasteiger partial charge in [-0.25, -0.2) is 4.79 Å². The van der Waals surface area contributed by atoms with Crippen LogP contribution in [0.1, 0.15) is 46.1 Å². The first-order valence-corrected chi connectivity index (χ1v) is 10.3. The molecule has 32 heavy (non-hydrogen) atoms. The summed E-state index contributed by atoms with van der Waals surface area (Å²) in [6.45, 7) is 8.52. The number of halogens is 3. The number of aryl methyl sites for hydroxylation is 3.